The van der Waals surface area contributed by atoms with Crippen LogP contribution in [0.3, 0.4) is 0 Å². The smallest absolute Gasteiger partial charge is 0.309 e. The van der Waals surface area contributed by atoms with E-state index in [1.807, 2.05) is 0 Å². The molecule has 0 unspecified atom stereocenters. The summed E-state index contributed by atoms with van der Waals surface area (Å²) in [5, 5.41) is 5.19. The summed E-state index contributed by atoms with van der Waals surface area (Å²) in [7, 11) is 0. The van der Waals surface area contributed by atoms with Crippen LogP contribution < -0.4 is 10.6 Å². The molecular weight excluding hydrogens is 256 g/mol. The zero-order valence-corrected chi connectivity index (χ0v) is 12.1. The summed E-state index contributed by atoms with van der Waals surface area (Å²) >= 11 is 0. The lowest BCUT2D eigenvalue weighted by molar-refractivity contribution is -0.139. The lowest BCUT2D eigenvalue weighted by Gasteiger charge is -2.17. The van der Waals surface area contributed by atoms with Gasteiger partial charge in [0.25, 0.3) is 0 Å². The lowest BCUT2D eigenvalue weighted by Crippen LogP contribution is -2.42. The van der Waals surface area contributed by atoms with E-state index in [1.54, 1.807) is 24.5 Å². The van der Waals surface area contributed by atoms with Crippen molar-refractivity contribution < 1.29 is 9.59 Å². The van der Waals surface area contributed by atoms with Crippen LogP contribution in [0.2, 0.25) is 0 Å². The molecule has 0 saturated heterocycles. The van der Waals surface area contributed by atoms with Crippen LogP contribution in [-0.2, 0) is 16.1 Å². The van der Waals surface area contributed by atoms with Crippen molar-refractivity contribution in [2.75, 3.05) is 26.2 Å². The lowest BCUT2D eigenvalue weighted by atomic mass is 10.3. The van der Waals surface area contributed by atoms with Crippen molar-refractivity contribution in [3.05, 3.63) is 30.1 Å². The Morgan fingerprint density at radius 1 is 1.10 bits per heavy atom. The molecule has 2 amide bonds. The van der Waals surface area contributed by atoms with Gasteiger partial charge in [-0.2, -0.15) is 0 Å². The third-order valence-electron chi connectivity index (χ3n) is 3.02. The SMILES string of the molecule is CCN(CC)CCNC(=O)C(=O)NCc1ccncc1. The van der Waals surface area contributed by atoms with Crippen molar-refractivity contribution in [2.24, 2.45) is 0 Å². The summed E-state index contributed by atoms with van der Waals surface area (Å²) < 4.78 is 0. The van der Waals surface area contributed by atoms with E-state index in [9.17, 15) is 9.59 Å². The van der Waals surface area contributed by atoms with Gasteiger partial charge in [-0.15, -0.1) is 0 Å². The van der Waals surface area contributed by atoms with Gasteiger partial charge in [-0.05, 0) is 30.8 Å². The Morgan fingerprint density at radius 3 is 2.30 bits per heavy atom. The van der Waals surface area contributed by atoms with E-state index in [1.165, 1.54) is 0 Å². The predicted molar refractivity (Wildman–Crippen MR) is 76.9 cm³/mol. The minimum atomic E-state index is -0.610. The summed E-state index contributed by atoms with van der Waals surface area (Å²) in [6.07, 6.45) is 3.29. The number of amides is 2. The molecule has 0 aliphatic carbocycles. The number of carbonyl (C=O) groups is 2. The van der Waals surface area contributed by atoms with Crippen LogP contribution in [-0.4, -0.2) is 47.9 Å². The van der Waals surface area contributed by atoms with Crippen molar-refractivity contribution in [3.8, 4) is 0 Å². The van der Waals surface area contributed by atoms with Crippen LogP contribution in [0.5, 0.6) is 0 Å². The molecule has 1 heterocycles. The summed E-state index contributed by atoms with van der Waals surface area (Å²) in [6, 6.07) is 3.58. The van der Waals surface area contributed by atoms with Gasteiger partial charge in [0.15, 0.2) is 0 Å². The monoisotopic (exact) mass is 278 g/mol. The topological polar surface area (TPSA) is 74.3 Å². The van der Waals surface area contributed by atoms with Gasteiger partial charge in [-0.25, -0.2) is 0 Å². The second kappa shape index (κ2) is 9.03. The summed E-state index contributed by atoms with van der Waals surface area (Å²) in [4.78, 5) is 29.2. The highest BCUT2D eigenvalue weighted by molar-refractivity contribution is 6.35. The molecule has 0 aliphatic heterocycles. The zero-order chi connectivity index (χ0) is 14.8. The first-order chi connectivity index (χ1) is 9.67. The third kappa shape index (κ3) is 5.79. The van der Waals surface area contributed by atoms with E-state index in [0.717, 1.165) is 25.2 Å². The summed E-state index contributed by atoms with van der Waals surface area (Å²) in [6.45, 7) is 7.53. The molecule has 0 aliphatic rings. The minimum Gasteiger partial charge on any atom is -0.347 e. The molecule has 0 aromatic carbocycles. The maximum atomic E-state index is 11.6. The Kier molecular flexibility index (Phi) is 7.27. The van der Waals surface area contributed by atoms with Gasteiger partial charge in [0, 0.05) is 32.0 Å². The van der Waals surface area contributed by atoms with Crippen molar-refractivity contribution in [1.82, 2.24) is 20.5 Å². The van der Waals surface area contributed by atoms with Crippen molar-refractivity contribution in [3.63, 3.8) is 0 Å². The Hall–Kier alpha value is -1.95. The predicted octanol–water partition coefficient (Wildman–Crippen LogP) is 0.156. The molecule has 0 saturated carbocycles. The van der Waals surface area contributed by atoms with Crippen LogP contribution in [0.15, 0.2) is 24.5 Å². The fourth-order valence-electron chi connectivity index (χ4n) is 1.71. The highest BCUT2D eigenvalue weighted by Crippen LogP contribution is 1.94. The Balaban J connectivity index is 2.24. The largest absolute Gasteiger partial charge is 0.347 e. The van der Waals surface area contributed by atoms with Crippen molar-refractivity contribution in [1.29, 1.82) is 0 Å². The van der Waals surface area contributed by atoms with Crippen molar-refractivity contribution in [2.45, 2.75) is 20.4 Å². The van der Waals surface area contributed by atoms with E-state index >= 15 is 0 Å². The van der Waals surface area contributed by atoms with Gasteiger partial charge in [0.1, 0.15) is 0 Å². The number of hydrogen-bond donors (Lipinski definition) is 2. The highest BCUT2D eigenvalue weighted by Gasteiger charge is 2.12. The first kappa shape index (κ1) is 16.1. The van der Waals surface area contributed by atoms with Gasteiger partial charge >= 0.3 is 11.8 Å². The number of pyridine rings is 1. The van der Waals surface area contributed by atoms with Gasteiger partial charge in [-0.1, -0.05) is 13.8 Å². The fourth-order valence-corrected chi connectivity index (χ4v) is 1.71. The molecule has 0 atom stereocenters. The molecule has 6 heteroatoms. The van der Waals surface area contributed by atoms with Crippen LogP contribution in [0.1, 0.15) is 19.4 Å². The molecule has 20 heavy (non-hydrogen) atoms. The number of likely N-dealkylation sites (N-methyl/N-ethyl adjacent to an activating group) is 1. The normalized spacial score (nSPS) is 10.3. The first-order valence-electron chi connectivity index (χ1n) is 6.84. The molecule has 0 fully saturated rings. The number of nitrogens with one attached hydrogen (secondary N) is 2. The summed E-state index contributed by atoms with van der Waals surface area (Å²) in [5.41, 5.74) is 0.907. The van der Waals surface area contributed by atoms with Crippen LogP contribution in [0.25, 0.3) is 0 Å². The molecule has 2 N–H and O–H groups in total. The van der Waals surface area contributed by atoms with E-state index < -0.39 is 11.8 Å². The Bertz CT molecular complexity index is 418. The minimum absolute atomic E-state index is 0.324. The van der Waals surface area contributed by atoms with Gasteiger partial charge < -0.3 is 15.5 Å². The van der Waals surface area contributed by atoms with Gasteiger partial charge in [0.2, 0.25) is 0 Å². The van der Waals surface area contributed by atoms with Crippen LogP contribution in [0, 0.1) is 0 Å². The average Bonchev–Trinajstić information content (AvgIpc) is 2.50. The Morgan fingerprint density at radius 2 is 1.70 bits per heavy atom. The van der Waals surface area contributed by atoms with E-state index in [2.05, 4.69) is 34.4 Å². The zero-order valence-electron chi connectivity index (χ0n) is 12.1. The molecule has 0 spiro atoms. The maximum Gasteiger partial charge on any atom is 0.309 e. The third-order valence-corrected chi connectivity index (χ3v) is 3.02. The second-order valence-corrected chi connectivity index (χ2v) is 4.32. The van der Waals surface area contributed by atoms with Gasteiger partial charge in [-0.3, -0.25) is 14.6 Å². The number of rotatable bonds is 7. The van der Waals surface area contributed by atoms with Crippen LogP contribution in [0.4, 0.5) is 0 Å². The molecule has 6 nitrogen and oxygen atoms in total. The van der Waals surface area contributed by atoms with E-state index in [4.69, 9.17) is 0 Å². The number of aromatic nitrogens is 1. The number of hydrogen-bond acceptors (Lipinski definition) is 4. The van der Waals surface area contributed by atoms with E-state index in [0.29, 0.717) is 13.1 Å². The molecule has 0 radical (unpaired) electrons. The summed E-state index contributed by atoms with van der Waals surface area (Å²) in [5.74, 6) is -1.20. The molecule has 110 valence electrons. The second-order valence-electron chi connectivity index (χ2n) is 4.32. The van der Waals surface area contributed by atoms with Crippen LogP contribution >= 0.6 is 0 Å². The molecule has 0 bridgehead atoms. The fraction of sp³-hybridized carbons (Fsp3) is 0.500. The van der Waals surface area contributed by atoms with E-state index in [-0.39, 0.29) is 0 Å². The maximum absolute atomic E-state index is 11.6. The standard InChI is InChI=1S/C14H22N4O2/c1-3-18(4-2)10-9-16-13(19)14(20)17-11-12-5-7-15-8-6-12/h5-8H,3-4,9-11H2,1-2H3,(H,16,19)(H,17,20). The van der Waals surface area contributed by atoms with Gasteiger partial charge in [0.05, 0.1) is 0 Å². The Labute approximate surface area is 119 Å². The number of nitrogens with zero attached hydrogens (tertiary/aromatic N) is 2. The molecular formula is C14H22N4O2. The first-order valence-corrected chi connectivity index (χ1v) is 6.84. The molecule has 1 aromatic heterocycles. The quantitative estimate of drug-likeness (QED) is 0.697. The number of carbonyl (C=O) groups excluding carboxylic acids is 2. The highest BCUT2D eigenvalue weighted by atomic mass is 16.2. The van der Waals surface area contributed by atoms with Crippen molar-refractivity contribution >= 4 is 11.8 Å². The molecule has 1 aromatic rings. The molecule has 1 rings (SSSR count). The average molecular weight is 278 g/mol.